The molecule has 0 aliphatic rings. The second kappa shape index (κ2) is 6.94. The zero-order valence-corrected chi connectivity index (χ0v) is 13.9. The lowest BCUT2D eigenvalue weighted by Gasteiger charge is -2.05. The largest absolute Gasteiger partial charge is 0.396 e. The minimum absolute atomic E-state index is 0.630. The summed E-state index contributed by atoms with van der Waals surface area (Å²) in [6.07, 6.45) is 0. The molecule has 0 radical (unpaired) electrons. The predicted molar refractivity (Wildman–Crippen MR) is 86.5 cm³/mol. The van der Waals surface area contributed by atoms with Crippen LogP contribution in [0, 0.1) is 11.8 Å². The highest BCUT2D eigenvalue weighted by Crippen LogP contribution is 2.30. The normalized spacial score (nSPS) is 9.55. The van der Waals surface area contributed by atoms with Gasteiger partial charge in [-0.05, 0) is 35.4 Å². The topological polar surface area (TPSA) is 26.3 Å². The van der Waals surface area contributed by atoms with Gasteiger partial charge in [0.05, 0.1) is 0 Å². The summed E-state index contributed by atoms with van der Waals surface area (Å²) in [5, 5.41) is 0.677. The van der Waals surface area contributed by atoms with Gasteiger partial charge in [0, 0.05) is 21.0 Å². The molecule has 20 heavy (non-hydrogen) atoms. The average Bonchev–Trinajstić information content (AvgIpc) is 2.45. The fourth-order valence-electron chi connectivity index (χ4n) is 1.60. The third-order valence-electron chi connectivity index (χ3n) is 2.51. The predicted octanol–water partition coefficient (Wildman–Crippen LogP) is 4.97. The van der Waals surface area contributed by atoms with Gasteiger partial charge in [0.15, 0.2) is 16.3 Å². The van der Waals surface area contributed by atoms with Gasteiger partial charge >= 0.3 is 5.97 Å². The molecule has 0 N–H and O–H groups in total. The molecule has 2 aromatic carbocycles. The second-order valence-corrected chi connectivity index (χ2v) is 5.43. The van der Waals surface area contributed by atoms with E-state index in [9.17, 15) is 4.79 Å². The Balaban J connectivity index is 2.27. The van der Waals surface area contributed by atoms with Gasteiger partial charge in [-0.2, -0.15) is 0 Å². The van der Waals surface area contributed by atoms with Crippen LogP contribution in [0.1, 0.15) is 5.56 Å². The van der Waals surface area contributed by atoms with Crippen molar-refractivity contribution in [2.45, 2.75) is 0 Å². The number of carbonyl (C=O) groups excluding carboxylic acids is 1. The van der Waals surface area contributed by atoms with Crippen LogP contribution in [-0.4, -0.2) is 5.97 Å². The summed E-state index contributed by atoms with van der Waals surface area (Å²) in [6.45, 7) is 0. The maximum atomic E-state index is 10.9. The van der Waals surface area contributed by atoms with Crippen molar-refractivity contribution in [1.29, 1.82) is 0 Å². The molecule has 0 bridgehead atoms. The molecule has 0 saturated heterocycles. The van der Waals surface area contributed by atoms with E-state index in [1.165, 1.54) is 0 Å². The van der Waals surface area contributed by atoms with Gasteiger partial charge in [-0.25, -0.2) is 4.79 Å². The van der Waals surface area contributed by atoms with Crippen LogP contribution in [0.3, 0.4) is 0 Å². The second-order valence-electron chi connectivity index (χ2n) is 3.82. The molecule has 0 aliphatic carbocycles. The number of halogens is 3. The lowest BCUT2D eigenvalue weighted by molar-refractivity contribution is -0.126. The van der Waals surface area contributed by atoms with Crippen molar-refractivity contribution in [3.63, 3.8) is 0 Å². The summed E-state index contributed by atoms with van der Waals surface area (Å²) < 4.78 is 5.20. The molecule has 2 rings (SSSR count). The van der Waals surface area contributed by atoms with E-state index in [0.29, 0.717) is 5.02 Å². The maximum absolute atomic E-state index is 10.9. The molecule has 0 aromatic heterocycles. The van der Waals surface area contributed by atoms with Crippen molar-refractivity contribution < 1.29 is 8.62 Å². The fraction of sp³-hybridized carbons (Fsp3) is 0. The van der Waals surface area contributed by atoms with Crippen molar-refractivity contribution in [2.75, 3.05) is 0 Å². The SMILES string of the molecule is O=C(C#Cc1ccc(-c2ccc(Cl)cc2Br)cc1)OBr. The number of rotatable bonds is 1. The molecule has 0 saturated carbocycles. The Hall–Kier alpha value is -1.28. The Kier molecular flexibility index (Phi) is 5.24. The van der Waals surface area contributed by atoms with Crippen molar-refractivity contribution >= 4 is 49.8 Å². The molecule has 0 unspecified atom stereocenters. The number of hydrogen-bond acceptors (Lipinski definition) is 2. The molecule has 0 aliphatic heterocycles. The summed E-state index contributed by atoms with van der Waals surface area (Å²) in [6, 6.07) is 13.2. The van der Waals surface area contributed by atoms with E-state index in [1.54, 1.807) is 0 Å². The van der Waals surface area contributed by atoms with Crippen molar-refractivity contribution in [2.24, 2.45) is 0 Å². The lowest BCUT2D eigenvalue weighted by Crippen LogP contribution is -1.89. The molecule has 5 heteroatoms. The van der Waals surface area contributed by atoms with Crippen LogP contribution < -0.4 is 0 Å². The first-order valence-corrected chi connectivity index (χ1v) is 7.32. The first kappa shape index (κ1) is 15.1. The quantitative estimate of drug-likeness (QED) is 0.616. The summed E-state index contributed by atoms with van der Waals surface area (Å²) in [5.74, 6) is 4.42. The molecule has 2 aromatic rings. The van der Waals surface area contributed by atoms with E-state index in [-0.39, 0.29) is 0 Å². The molecule has 0 atom stereocenters. The molecular weight excluding hydrogens is 407 g/mol. The smallest absolute Gasteiger partial charge is 0.374 e. The Bertz CT molecular complexity index is 700. The van der Waals surface area contributed by atoms with E-state index < -0.39 is 5.97 Å². The molecule has 100 valence electrons. The average molecular weight is 414 g/mol. The van der Waals surface area contributed by atoms with E-state index in [0.717, 1.165) is 21.2 Å². The molecule has 0 heterocycles. The molecule has 2 nitrogen and oxygen atoms in total. The van der Waals surface area contributed by atoms with E-state index in [4.69, 9.17) is 11.6 Å². The molecule has 0 spiro atoms. The minimum Gasteiger partial charge on any atom is -0.374 e. The third-order valence-corrected chi connectivity index (χ3v) is 3.69. The Morgan fingerprint density at radius 3 is 2.45 bits per heavy atom. The van der Waals surface area contributed by atoms with Crippen molar-refractivity contribution in [3.8, 4) is 23.0 Å². The fourth-order valence-corrected chi connectivity index (χ4v) is 2.59. The summed E-state index contributed by atoms with van der Waals surface area (Å²) in [5.41, 5.74) is 2.80. The van der Waals surface area contributed by atoms with Gasteiger partial charge in [-0.1, -0.05) is 51.7 Å². The van der Waals surface area contributed by atoms with Crippen LogP contribution in [0.15, 0.2) is 46.9 Å². The Morgan fingerprint density at radius 1 is 1.15 bits per heavy atom. The van der Waals surface area contributed by atoms with Crippen LogP contribution in [0.25, 0.3) is 11.1 Å². The first-order chi connectivity index (χ1) is 9.60. The summed E-state index contributed by atoms with van der Waals surface area (Å²) >= 11 is 12.0. The Labute approximate surface area is 138 Å². The van der Waals surface area contributed by atoms with Gasteiger partial charge < -0.3 is 3.83 Å². The monoisotopic (exact) mass is 412 g/mol. The van der Waals surface area contributed by atoms with Crippen molar-refractivity contribution in [3.05, 3.63) is 57.5 Å². The van der Waals surface area contributed by atoms with Gasteiger partial charge in [0.2, 0.25) is 0 Å². The van der Waals surface area contributed by atoms with Gasteiger partial charge in [-0.3, -0.25) is 0 Å². The number of benzene rings is 2. The molecule has 0 amide bonds. The maximum Gasteiger partial charge on any atom is 0.396 e. The van der Waals surface area contributed by atoms with Gasteiger partial charge in [0.25, 0.3) is 0 Å². The lowest BCUT2D eigenvalue weighted by atomic mass is 10.0. The third kappa shape index (κ3) is 3.86. The zero-order chi connectivity index (χ0) is 14.5. The van der Waals surface area contributed by atoms with E-state index in [2.05, 4.69) is 47.9 Å². The first-order valence-electron chi connectivity index (χ1n) is 5.50. The highest BCUT2D eigenvalue weighted by molar-refractivity contribution is 9.10. The minimum atomic E-state index is -0.630. The van der Waals surface area contributed by atoms with Crippen molar-refractivity contribution in [1.82, 2.24) is 0 Å². The van der Waals surface area contributed by atoms with Gasteiger partial charge in [-0.15, -0.1) is 0 Å². The van der Waals surface area contributed by atoms with Crippen LogP contribution in [0.2, 0.25) is 5.02 Å². The van der Waals surface area contributed by atoms with E-state index in [1.807, 2.05) is 42.5 Å². The highest BCUT2D eigenvalue weighted by Gasteiger charge is 2.03. The van der Waals surface area contributed by atoms with Crippen LogP contribution in [0.5, 0.6) is 0 Å². The molecular formula is C15H7Br2ClO2. The Morgan fingerprint density at radius 2 is 1.85 bits per heavy atom. The standard InChI is InChI=1S/C15H7Br2ClO2/c16-14-9-12(18)6-7-13(14)11-4-1-10(2-5-11)3-8-15(19)20-17/h1-2,4-7,9H. The molecule has 0 fully saturated rings. The number of hydrogen-bond donors (Lipinski definition) is 0. The summed E-state index contributed by atoms with van der Waals surface area (Å²) in [4.78, 5) is 10.9. The van der Waals surface area contributed by atoms with Crippen LogP contribution in [-0.2, 0) is 8.62 Å². The van der Waals surface area contributed by atoms with E-state index >= 15 is 0 Å². The van der Waals surface area contributed by atoms with Crippen LogP contribution in [0.4, 0.5) is 0 Å². The zero-order valence-electron chi connectivity index (χ0n) is 9.99. The number of carbonyl (C=O) groups is 1. The summed E-state index contributed by atoms with van der Waals surface area (Å²) in [7, 11) is 0. The van der Waals surface area contributed by atoms with Gasteiger partial charge in [0.1, 0.15) is 0 Å². The van der Waals surface area contributed by atoms with Crippen LogP contribution >= 0.6 is 43.8 Å². The highest BCUT2D eigenvalue weighted by atomic mass is 79.9.